The summed E-state index contributed by atoms with van der Waals surface area (Å²) >= 11 is 0. The molecule has 0 aliphatic carbocycles. The van der Waals surface area contributed by atoms with Crippen molar-refractivity contribution in [1.29, 1.82) is 0 Å². The molecule has 18 heteroatoms. The third-order valence-corrected chi connectivity index (χ3v) is 13.9. The highest BCUT2D eigenvalue weighted by atomic mass is 32.2. The van der Waals surface area contributed by atoms with E-state index in [0.717, 1.165) is 49.0 Å². The molecule has 1 heterocycles. The summed E-state index contributed by atoms with van der Waals surface area (Å²) in [5.41, 5.74) is -0.575. The Morgan fingerprint density at radius 3 is 2.07 bits per heavy atom. The summed E-state index contributed by atoms with van der Waals surface area (Å²) in [6, 6.07) is 4.92. The Balaban J connectivity index is 2.75. The highest BCUT2D eigenvalue weighted by molar-refractivity contribution is 7.89. The van der Waals surface area contributed by atoms with Crippen molar-refractivity contribution in [3.8, 4) is 0 Å². The first-order valence-electron chi connectivity index (χ1n) is 13.0. The third-order valence-electron chi connectivity index (χ3n) is 6.97. The van der Waals surface area contributed by atoms with Crippen molar-refractivity contribution >= 4 is 46.1 Å². The van der Waals surface area contributed by atoms with Crippen molar-refractivity contribution in [2.45, 2.75) is 63.0 Å². The Morgan fingerprint density at radius 2 is 1.59 bits per heavy atom. The zero-order chi connectivity index (χ0) is 33.7. The molecule has 0 N–H and O–H groups in total. The molecule has 2 aromatic rings. The molecular weight excluding hydrogens is 639 g/mol. The predicted molar refractivity (Wildman–Crippen MR) is 160 cm³/mol. The first kappa shape index (κ1) is 36.9. The number of nitro benzene ring substituents is 1. The lowest BCUT2D eigenvalue weighted by molar-refractivity contribution is -0.384. The second-order valence-electron chi connectivity index (χ2n) is 11.2. The van der Waals surface area contributed by atoms with Gasteiger partial charge in [-0.05, 0) is 42.4 Å². The molecule has 15 nitrogen and oxygen atoms in total. The van der Waals surface area contributed by atoms with Crippen molar-refractivity contribution in [3.63, 3.8) is 0 Å². The van der Waals surface area contributed by atoms with E-state index in [0.29, 0.717) is 0 Å². The van der Waals surface area contributed by atoms with E-state index in [1.54, 1.807) is 0 Å². The molecule has 2 rings (SSSR count). The van der Waals surface area contributed by atoms with Gasteiger partial charge >= 0.3 is 11.9 Å². The predicted octanol–water partition coefficient (Wildman–Crippen LogP) is 3.01. The van der Waals surface area contributed by atoms with Crippen molar-refractivity contribution < 1.29 is 49.4 Å². The zero-order valence-electron chi connectivity index (χ0n) is 25.7. The van der Waals surface area contributed by atoms with Gasteiger partial charge in [0.15, 0.2) is 8.32 Å². The van der Waals surface area contributed by atoms with Crippen LogP contribution in [0, 0.1) is 10.1 Å². The summed E-state index contributed by atoms with van der Waals surface area (Å²) < 4.78 is 72.9. The van der Waals surface area contributed by atoms with Gasteiger partial charge in [0.05, 0.1) is 60.4 Å². The number of ether oxygens (including phenoxy) is 2. The standard InChI is InChI=1S/C26H37N3O12S2Si/c1-26(2,3)44(7,8)41-17-23(25(31)39-5)28(43(36,37)22-11-9-21(10-12-22)29(32)33)15-19-13-18(24(30)38-4)14-20(27-19)16-40-42(6,34)35/h9-14,23H,15-17H2,1-8H3. The molecule has 0 aliphatic rings. The second kappa shape index (κ2) is 14.2. The monoisotopic (exact) mass is 675 g/mol. The number of carbonyl (C=O) groups excluding carboxylic acids is 2. The molecule has 0 amide bonds. The molecular formula is C26H37N3O12S2Si. The van der Waals surface area contributed by atoms with Crippen molar-refractivity contribution in [3.05, 3.63) is 63.5 Å². The normalized spacial score (nSPS) is 13.4. The van der Waals surface area contributed by atoms with Gasteiger partial charge in [0.1, 0.15) is 12.6 Å². The van der Waals surface area contributed by atoms with E-state index in [4.69, 9.17) is 18.1 Å². The van der Waals surface area contributed by atoms with Crippen LogP contribution in [-0.4, -0.2) is 84.4 Å². The number of hydrogen-bond donors (Lipinski definition) is 0. The van der Waals surface area contributed by atoms with Gasteiger partial charge in [-0.2, -0.15) is 12.7 Å². The molecule has 244 valence electrons. The van der Waals surface area contributed by atoms with Crippen molar-refractivity contribution in [2.24, 2.45) is 0 Å². The first-order valence-corrected chi connectivity index (χ1v) is 19.2. The summed E-state index contributed by atoms with van der Waals surface area (Å²) in [4.78, 5) is 40.0. The topological polar surface area (TPSA) is 199 Å². The quantitative estimate of drug-likeness (QED) is 0.0932. The lowest BCUT2D eigenvalue weighted by Gasteiger charge is -2.38. The summed E-state index contributed by atoms with van der Waals surface area (Å²) in [5.74, 6) is -1.79. The first-order chi connectivity index (χ1) is 20.1. The van der Waals surface area contributed by atoms with Gasteiger partial charge in [0.2, 0.25) is 10.0 Å². The van der Waals surface area contributed by atoms with Crippen LogP contribution in [0.2, 0.25) is 18.1 Å². The van der Waals surface area contributed by atoms with Gasteiger partial charge in [-0.3, -0.25) is 24.1 Å². The Labute approximate surface area is 257 Å². The number of rotatable bonds is 14. The second-order valence-corrected chi connectivity index (χ2v) is 19.6. The van der Waals surface area contributed by atoms with Gasteiger partial charge in [0, 0.05) is 12.1 Å². The van der Waals surface area contributed by atoms with Gasteiger partial charge in [0.25, 0.3) is 15.8 Å². The molecule has 0 saturated heterocycles. The van der Waals surface area contributed by atoms with Gasteiger partial charge in [-0.1, -0.05) is 20.8 Å². The number of non-ortho nitro benzene ring substituents is 1. The fraction of sp³-hybridized carbons (Fsp3) is 0.500. The zero-order valence-corrected chi connectivity index (χ0v) is 28.4. The van der Waals surface area contributed by atoms with E-state index in [-0.39, 0.29) is 32.6 Å². The molecule has 0 radical (unpaired) electrons. The van der Waals surface area contributed by atoms with Crippen LogP contribution in [0.1, 0.15) is 42.5 Å². The SMILES string of the molecule is COC(=O)c1cc(COS(C)(=O)=O)nc(CN(C(CO[Si](C)(C)C(C)(C)C)C(=O)OC)S(=O)(=O)c2ccc([N+](=O)[O-])cc2)c1. The molecule has 0 saturated carbocycles. The van der Waals surface area contributed by atoms with Crippen LogP contribution in [0.25, 0.3) is 0 Å². The molecule has 0 fully saturated rings. The largest absolute Gasteiger partial charge is 0.468 e. The number of nitro groups is 1. The fourth-order valence-electron chi connectivity index (χ4n) is 3.51. The Hall–Kier alpha value is -3.29. The minimum absolute atomic E-state index is 0.0480. The van der Waals surface area contributed by atoms with Crippen LogP contribution in [0.5, 0.6) is 0 Å². The number of nitrogens with zero attached hydrogens (tertiary/aromatic N) is 3. The van der Waals surface area contributed by atoms with Gasteiger partial charge in [-0.25, -0.2) is 13.2 Å². The molecule has 1 unspecified atom stereocenters. The van der Waals surface area contributed by atoms with Gasteiger partial charge in [-0.15, -0.1) is 0 Å². The molecule has 44 heavy (non-hydrogen) atoms. The Bertz CT molecular complexity index is 1590. The maximum absolute atomic E-state index is 14.1. The number of esters is 2. The average Bonchev–Trinajstić information content (AvgIpc) is 2.93. The summed E-state index contributed by atoms with van der Waals surface area (Å²) in [5, 5.41) is 10.9. The molecule has 0 aliphatic heterocycles. The van der Waals surface area contributed by atoms with E-state index in [2.05, 4.69) is 4.98 Å². The van der Waals surface area contributed by atoms with Crippen LogP contribution in [-0.2, 0) is 56.2 Å². The Morgan fingerprint density at radius 1 is 1.02 bits per heavy atom. The van der Waals surface area contributed by atoms with Crippen molar-refractivity contribution in [1.82, 2.24) is 9.29 Å². The molecule has 0 bridgehead atoms. The van der Waals surface area contributed by atoms with Crippen LogP contribution in [0.3, 0.4) is 0 Å². The molecule has 1 aromatic carbocycles. The highest BCUT2D eigenvalue weighted by Crippen LogP contribution is 2.37. The summed E-state index contributed by atoms with van der Waals surface area (Å²) in [7, 11) is -8.88. The molecule has 0 spiro atoms. The number of benzene rings is 1. The van der Waals surface area contributed by atoms with Crippen LogP contribution in [0.15, 0.2) is 41.3 Å². The molecule has 1 atom stereocenters. The maximum Gasteiger partial charge on any atom is 0.337 e. The minimum atomic E-state index is -4.62. The van der Waals surface area contributed by atoms with E-state index in [1.807, 2.05) is 33.9 Å². The molecule has 1 aromatic heterocycles. The smallest absolute Gasteiger partial charge is 0.337 e. The van der Waals surface area contributed by atoms with Crippen LogP contribution >= 0.6 is 0 Å². The lowest BCUT2D eigenvalue weighted by atomic mass is 10.2. The minimum Gasteiger partial charge on any atom is -0.468 e. The number of methoxy groups -OCH3 is 2. The van der Waals surface area contributed by atoms with E-state index >= 15 is 0 Å². The van der Waals surface area contributed by atoms with E-state index in [9.17, 15) is 36.5 Å². The average molecular weight is 676 g/mol. The van der Waals surface area contributed by atoms with E-state index < -0.39 is 71.1 Å². The maximum atomic E-state index is 14.1. The number of carbonyl (C=O) groups is 2. The highest BCUT2D eigenvalue weighted by Gasteiger charge is 2.42. The number of hydrogen-bond acceptors (Lipinski definition) is 13. The van der Waals surface area contributed by atoms with Crippen molar-refractivity contribution in [2.75, 3.05) is 27.1 Å². The number of aromatic nitrogens is 1. The van der Waals surface area contributed by atoms with Gasteiger partial charge < -0.3 is 13.9 Å². The number of pyridine rings is 1. The summed E-state index contributed by atoms with van der Waals surface area (Å²) in [6.07, 6.45) is 0.819. The van der Waals surface area contributed by atoms with Crippen LogP contribution in [0.4, 0.5) is 5.69 Å². The summed E-state index contributed by atoms with van der Waals surface area (Å²) in [6.45, 7) is 8.08. The fourth-order valence-corrected chi connectivity index (χ4v) is 6.39. The van der Waals surface area contributed by atoms with E-state index in [1.165, 1.54) is 12.1 Å². The Kier molecular flexibility index (Phi) is 11.9. The third kappa shape index (κ3) is 9.60. The lowest BCUT2D eigenvalue weighted by Crippen LogP contribution is -2.51. The van der Waals surface area contributed by atoms with Crippen LogP contribution < -0.4 is 0 Å². The number of sulfonamides is 1.